The van der Waals surface area contributed by atoms with Gasteiger partial charge in [0.2, 0.25) is 5.91 Å². The van der Waals surface area contributed by atoms with Gasteiger partial charge in [-0.3, -0.25) is 4.79 Å². The fourth-order valence-corrected chi connectivity index (χ4v) is 3.24. The average molecular weight is 357 g/mol. The van der Waals surface area contributed by atoms with Crippen LogP contribution in [0.4, 0.5) is 4.79 Å². The zero-order valence-corrected chi connectivity index (χ0v) is 16.8. The third kappa shape index (κ3) is 14.9. The molecule has 142 valence electrons. The third-order valence-corrected chi connectivity index (χ3v) is 4.81. The number of imide groups is 1. The smallest absolute Gasteiger partial charge is 0.224 e. The predicted molar refractivity (Wildman–Crippen MR) is 105 cm³/mol. The zero-order chi connectivity index (χ0) is 18.0. The van der Waals surface area contributed by atoms with E-state index in [1.54, 1.807) is 0 Å². The molecule has 0 heterocycles. The minimum Gasteiger partial charge on any atom is -0.719 e. The van der Waals surface area contributed by atoms with E-state index in [0.717, 1.165) is 17.7 Å². The van der Waals surface area contributed by atoms with Gasteiger partial charge in [-0.25, -0.2) is 0 Å². The van der Waals surface area contributed by atoms with Crippen molar-refractivity contribution in [1.82, 2.24) is 4.90 Å². The summed E-state index contributed by atoms with van der Waals surface area (Å²) in [5, 5.41) is -0.548. The largest absolute Gasteiger partial charge is 0.719 e. The van der Waals surface area contributed by atoms with Crippen molar-refractivity contribution in [2.75, 3.05) is 6.54 Å². The maximum absolute atomic E-state index is 11.2. The van der Waals surface area contributed by atoms with Gasteiger partial charge in [0.1, 0.15) is 5.24 Å². The summed E-state index contributed by atoms with van der Waals surface area (Å²) in [7, 11) is 0. The van der Waals surface area contributed by atoms with Crippen LogP contribution in [-0.2, 0) is 17.4 Å². The molecule has 0 aliphatic rings. The Balaban J connectivity index is 3.23. The van der Waals surface area contributed by atoms with E-state index in [1.807, 2.05) is 0 Å². The van der Waals surface area contributed by atoms with E-state index < -0.39 is 5.24 Å². The van der Waals surface area contributed by atoms with Crippen LogP contribution < -0.4 is 0 Å². The van der Waals surface area contributed by atoms with Crippen molar-refractivity contribution in [2.24, 2.45) is 0 Å². The van der Waals surface area contributed by atoms with Gasteiger partial charge in [0.25, 0.3) is 0 Å². The van der Waals surface area contributed by atoms with Crippen molar-refractivity contribution in [2.45, 2.75) is 110 Å². The molecule has 0 N–H and O–H groups in total. The van der Waals surface area contributed by atoms with E-state index in [9.17, 15) is 9.59 Å². The van der Waals surface area contributed by atoms with Crippen LogP contribution in [0.2, 0.25) is 0 Å². The lowest BCUT2D eigenvalue weighted by atomic mass is 10.0. The van der Waals surface area contributed by atoms with Crippen molar-refractivity contribution in [3.8, 4) is 0 Å². The molecule has 0 aliphatic heterocycles. The summed E-state index contributed by atoms with van der Waals surface area (Å²) in [5.41, 5.74) is 0. The maximum atomic E-state index is 11.2. The fraction of sp³-hybridized carbons (Fsp3) is 0.900. The highest BCUT2D eigenvalue weighted by Gasteiger charge is 2.07. The molecule has 24 heavy (non-hydrogen) atoms. The van der Waals surface area contributed by atoms with Gasteiger partial charge in [0, 0.05) is 13.5 Å². The van der Waals surface area contributed by atoms with E-state index in [0.29, 0.717) is 6.54 Å². The Morgan fingerprint density at radius 1 is 0.667 bits per heavy atom. The Kier molecular flexibility index (Phi) is 16.7. The first-order valence-electron chi connectivity index (χ1n) is 10.1. The first-order valence-corrected chi connectivity index (χ1v) is 10.5. The molecule has 4 heteroatoms. The Morgan fingerprint density at radius 3 is 1.29 bits per heavy atom. The van der Waals surface area contributed by atoms with Gasteiger partial charge in [-0.1, -0.05) is 96.8 Å². The number of unbranched alkanes of at least 4 members (excludes halogenated alkanes) is 14. The van der Waals surface area contributed by atoms with Gasteiger partial charge >= 0.3 is 0 Å². The molecule has 0 rings (SSSR count). The first kappa shape index (κ1) is 23.4. The molecule has 3 nitrogen and oxygen atoms in total. The quantitative estimate of drug-likeness (QED) is 0.238. The number of hydrogen-bond donors (Lipinski definition) is 0. The lowest BCUT2D eigenvalue weighted by molar-refractivity contribution is -0.125. The van der Waals surface area contributed by atoms with Crippen LogP contribution in [-0.4, -0.2) is 22.6 Å². The molecule has 2 amide bonds. The third-order valence-electron chi connectivity index (χ3n) is 4.59. The summed E-state index contributed by atoms with van der Waals surface area (Å²) in [4.78, 5) is 23.5. The predicted octanol–water partition coefficient (Wildman–Crippen LogP) is 6.37. The lowest BCUT2D eigenvalue weighted by Gasteiger charge is -2.22. The Morgan fingerprint density at radius 2 is 1.00 bits per heavy atom. The SMILES string of the molecule is CCCCCCCCCCCCCCCCCN(C(C)=O)C(=O)[S-]. The van der Waals surface area contributed by atoms with Gasteiger partial charge in [-0.2, -0.15) is 0 Å². The summed E-state index contributed by atoms with van der Waals surface area (Å²) in [5.74, 6) is -0.236. The topological polar surface area (TPSA) is 37.4 Å². The summed E-state index contributed by atoms with van der Waals surface area (Å²) < 4.78 is 0. The monoisotopic (exact) mass is 356 g/mol. The Labute approximate surface area is 155 Å². The molecular weight excluding hydrogens is 318 g/mol. The number of nitrogens with zero attached hydrogens (tertiary/aromatic N) is 1. The van der Waals surface area contributed by atoms with Gasteiger partial charge in [-0.05, 0) is 6.42 Å². The minimum absolute atomic E-state index is 0.236. The zero-order valence-electron chi connectivity index (χ0n) is 16.0. The normalized spacial score (nSPS) is 10.8. The summed E-state index contributed by atoms with van der Waals surface area (Å²) in [6.45, 7) is 4.15. The summed E-state index contributed by atoms with van der Waals surface area (Å²) >= 11 is 4.55. The minimum atomic E-state index is -0.548. The molecule has 0 aromatic carbocycles. The fourth-order valence-electron chi connectivity index (χ4n) is 3.02. The molecule has 0 spiro atoms. The maximum Gasteiger partial charge on any atom is 0.224 e. The van der Waals surface area contributed by atoms with Gasteiger partial charge in [0.05, 0.1) is 0 Å². The van der Waals surface area contributed by atoms with Crippen LogP contribution in [0.1, 0.15) is 110 Å². The molecule has 0 saturated carbocycles. The van der Waals surface area contributed by atoms with Crippen molar-refractivity contribution in [1.29, 1.82) is 0 Å². The second kappa shape index (κ2) is 17.2. The molecule has 0 saturated heterocycles. The van der Waals surface area contributed by atoms with Crippen LogP contribution in [0.25, 0.3) is 0 Å². The van der Waals surface area contributed by atoms with E-state index >= 15 is 0 Å². The van der Waals surface area contributed by atoms with Crippen molar-refractivity contribution < 1.29 is 9.59 Å². The van der Waals surface area contributed by atoms with Crippen LogP contribution in [0, 0.1) is 0 Å². The second-order valence-corrected chi connectivity index (χ2v) is 7.24. The van der Waals surface area contributed by atoms with Crippen LogP contribution in [0.3, 0.4) is 0 Å². The van der Waals surface area contributed by atoms with E-state index in [4.69, 9.17) is 0 Å². The highest BCUT2D eigenvalue weighted by atomic mass is 32.1. The highest BCUT2D eigenvalue weighted by molar-refractivity contribution is 7.77. The number of hydrogen-bond acceptors (Lipinski definition) is 3. The molecule has 0 aromatic rings. The van der Waals surface area contributed by atoms with Crippen molar-refractivity contribution >= 4 is 23.8 Å². The summed E-state index contributed by atoms with van der Waals surface area (Å²) in [6.07, 6.45) is 19.6. The molecule has 0 aliphatic carbocycles. The van der Waals surface area contributed by atoms with E-state index in [-0.39, 0.29) is 5.91 Å². The standard InChI is InChI=1S/C20H39NO2S/c1-3-4-5-6-7-8-9-10-11-12-13-14-15-16-17-18-21(19(2)22)20(23)24/h3-18H2,1-2H3,(H,23,24)/p-1. The highest BCUT2D eigenvalue weighted by Crippen LogP contribution is 2.13. The molecule has 0 aromatic heterocycles. The number of carbonyl (C=O) groups excluding carboxylic acids is 2. The van der Waals surface area contributed by atoms with Crippen LogP contribution in [0.5, 0.6) is 0 Å². The van der Waals surface area contributed by atoms with Gasteiger partial charge in [0.15, 0.2) is 0 Å². The van der Waals surface area contributed by atoms with Gasteiger partial charge in [-0.15, -0.1) is 0 Å². The van der Waals surface area contributed by atoms with Crippen molar-refractivity contribution in [3.05, 3.63) is 0 Å². The molecular formula is C20H38NO2S-. The average Bonchev–Trinajstić information content (AvgIpc) is 2.53. The lowest BCUT2D eigenvalue weighted by Crippen LogP contribution is -2.33. The van der Waals surface area contributed by atoms with Crippen molar-refractivity contribution in [3.63, 3.8) is 0 Å². The summed E-state index contributed by atoms with van der Waals surface area (Å²) in [6, 6.07) is 0. The molecule has 0 fully saturated rings. The second-order valence-electron chi connectivity index (χ2n) is 6.89. The van der Waals surface area contributed by atoms with Gasteiger partial charge < -0.3 is 22.3 Å². The molecule has 0 radical (unpaired) electrons. The Bertz CT molecular complexity index is 307. The number of carbonyl (C=O) groups is 2. The Hall–Kier alpha value is -0.640. The number of amides is 2. The molecule has 0 bridgehead atoms. The first-order chi connectivity index (χ1) is 11.6. The van der Waals surface area contributed by atoms with E-state index in [2.05, 4.69) is 19.6 Å². The van der Waals surface area contributed by atoms with Crippen LogP contribution >= 0.6 is 0 Å². The van der Waals surface area contributed by atoms with Crippen LogP contribution in [0.15, 0.2) is 0 Å². The molecule has 0 atom stereocenters. The number of rotatable bonds is 16. The van der Waals surface area contributed by atoms with E-state index in [1.165, 1.54) is 90.4 Å². The molecule has 0 unspecified atom stereocenters.